The van der Waals surface area contributed by atoms with Crippen molar-refractivity contribution in [1.29, 1.82) is 5.41 Å². The first-order valence-corrected chi connectivity index (χ1v) is 12.7. The summed E-state index contributed by atoms with van der Waals surface area (Å²) in [6.45, 7) is 2.23. The quantitative estimate of drug-likeness (QED) is 0.242. The molecule has 0 unspecified atom stereocenters. The summed E-state index contributed by atoms with van der Waals surface area (Å²) >= 11 is 13.2. The number of halogens is 2. The van der Waals surface area contributed by atoms with Crippen LogP contribution < -0.4 is 14.4 Å². The number of ether oxygens (including phenoxy) is 3. The van der Waals surface area contributed by atoms with Crippen molar-refractivity contribution < 1.29 is 23.8 Å². The number of carbonyl (C=O) groups is 2. The van der Waals surface area contributed by atoms with E-state index in [2.05, 4.69) is 0 Å². The van der Waals surface area contributed by atoms with Crippen LogP contribution in [0.5, 0.6) is 11.5 Å². The van der Waals surface area contributed by atoms with Crippen LogP contribution in [0.25, 0.3) is 6.08 Å². The van der Waals surface area contributed by atoms with Gasteiger partial charge in [-0.05, 0) is 78.9 Å². The van der Waals surface area contributed by atoms with E-state index in [0.29, 0.717) is 43.3 Å². The van der Waals surface area contributed by atoms with Crippen molar-refractivity contribution in [1.82, 2.24) is 0 Å². The zero-order chi connectivity index (χ0) is 26.5. The van der Waals surface area contributed by atoms with Crippen LogP contribution in [0, 0.1) is 5.41 Å². The summed E-state index contributed by atoms with van der Waals surface area (Å²) in [5.74, 6) is 0.216. The minimum absolute atomic E-state index is 0.0619. The second-order valence-electron chi connectivity index (χ2n) is 7.76. The van der Waals surface area contributed by atoms with Gasteiger partial charge in [-0.2, -0.15) is 0 Å². The number of carbonyl (C=O) groups excluding carboxylic acids is 2. The Morgan fingerprint density at radius 2 is 1.81 bits per heavy atom. The molecule has 0 aliphatic carbocycles. The largest absolute Gasteiger partial charge is 0.493 e. The minimum atomic E-state index is -0.440. The Hall–Kier alpha value is -3.46. The molecule has 10 heteroatoms. The first-order valence-electron chi connectivity index (χ1n) is 11.1. The summed E-state index contributed by atoms with van der Waals surface area (Å²) in [7, 11) is 1.53. The first-order chi connectivity index (χ1) is 17.8. The minimum Gasteiger partial charge on any atom is -0.493 e. The zero-order valence-electron chi connectivity index (χ0n) is 19.9. The molecule has 1 heterocycles. The van der Waals surface area contributed by atoms with Crippen LogP contribution in [0.1, 0.15) is 28.4 Å². The highest BCUT2D eigenvalue weighted by atomic mass is 35.5. The maximum atomic E-state index is 13.1. The average molecular weight is 557 g/mol. The van der Waals surface area contributed by atoms with E-state index in [9.17, 15) is 9.59 Å². The highest BCUT2D eigenvalue weighted by Crippen LogP contribution is 2.37. The fraction of sp³-hybridized carbons (Fsp3) is 0.148. The Bertz CT molecular complexity index is 1390. The fourth-order valence-electron chi connectivity index (χ4n) is 3.52. The van der Waals surface area contributed by atoms with Gasteiger partial charge in [0.25, 0.3) is 5.91 Å². The number of hydrogen-bond donors (Lipinski definition) is 1. The lowest BCUT2D eigenvalue weighted by Crippen LogP contribution is -2.28. The summed E-state index contributed by atoms with van der Waals surface area (Å²) in [5, 5.41) is 9.44. The molecule has 0 radical (unpaired) electrons. The van der Waals surface area contributed by atoms with Crippen LogP contribution in [0.15, 0.2) is 65.6 Å². The number of nitrogens with one attached hydrogen (secondary N) is 1. The SMILES string of the molecule is CCOC(=O)c1ccc(N2C(=N)S/C(=C\c3ccc(OCc4ccc(Cl)cc4Cl)c(OC)c3)C2=O)cc1. The van der Waals surface area contributed by atoms with E-state index in [4.69, 9.17) is 42.8 Å². The van der Waals surface area contributed by atoms with Gasteiger partial charge in [0.15, 0.2) is 16.7 Å². The molecule has 3 aromatic carbocycles. The Morgan fingerprint density at radius 1 is 1.05 bits per heavy atom. The molecule has 1 N–H and O–H groups in total. The first kappa shape index (κ1) is 26.6. The van der Waals surface area contributed by atoms with Crippen LogP contribution in [0.4, 0.5) is 5.69 Å². The van der Waals surface area contributed by atoms with Gasteiger partial charge in [0.05, 0.1) is 29.9 Å². The third-order valence-electron chi connectivity index (χ3n) is 5.34. The van der Waals surface area contributed by atoms with Crippen LogP contribution in [0.3, 0.4) is 0 Å². The molecule has 0 atom stereocenters. The third kappa shape index (κ3) is 6.10. The lowest BCUT2D eigenvalue weighted by molar-refractivity contribution is -0.113. The van der Waals surface area contributed by atoms with Crippen LogP contribution in [0.2, 0.25) is 10.0 Å². The van der Waals surface area contributed by atoms with Crippen molar-refractivity contribution in [2.24, 2.45) is 0 Å². The number of amides is 1. The molecule has 0 spiro atoms. The Balaban J connectivity index is 1.50. The topological polar surface area (TPSA) is 88.9 Å². The predicted octanol–water partition coefficient (Wildman–Crippen LogP) is 6.81. The predicted molar refractivity (Wildman–Crippen MR) is 147 cm³/mol. The normalized spacial score (nSPS) is 14.3. The van der Waals surface area contributed by atoms with Gasteiger partial charge < -0.3 is 14.2 Å². The standard InChI is InChI=1S/C27H22Cl2N2O5S/c1-3-35-26(33)17-6-9-20(10-7-17)31-25(32)24(37-27(31)30)13-16-4-11-22(23(12-16)34-2)36-15-18-5-8-19(28)14-21(18)29/h4-14,30H,3,15H2,1-2H3/b24-13-,30-27?. The fourth-order valence-corrected chi connectivity index (χ4v) is 4.85. The van der Waals surface area contributed by atoms with Crippen molar-refractivity contribution in [2.75, 3.05) is 18.6 Å². The second-order valence-corrected chi connectivity index (χ2v) is 9.63. The Morgan fingerprint density at radius 3 is 2.49 bits per heavy atom. The maximum Gasteiger partial charge on any atom is 0.338 e. The number of esters is 1. The van der Waals surface area contributed by atoms with Gasteiger partial charge in [0.2, 0.25) is 0 Å². The summed E-state index contributed by atoms with van der Waals surface area (Å²) in [6, 6.07) is 16.9. The highest BCUT2D eigenvalue weighted by molar-refractivity contribution is 8.19. The number of thioether (sulfide) groups is 1. The lowest BCUT2D eigenvalue weighted by atomic mass is 10.1. The molecule has 37 heavy (non-hydrogen) atoms. The van der Waals surface area contributed by atoms with Gasteiger partial charge in [-0.1, -0.05) is 35.3 Å². The van der Waals surface area contributed by atoms with Gasteiger partial charge in [-0.25, -0.2) is 4.79 Å². The second kappa shape index (κ2) is 11.7. The van der Waals surface area contributed by atoms with E-state index in [0.717, 1.165) is 17.3 Å². The Labute approximate surface area is 228 Å². The molecular weight excluding hydrogens is 535 g/mol. The summed E-state index contributed by atoms with van der Waals surface area (Å²) in [4.78, 5) is 26.7. The number of hydrogen-bond acceptors (Lipinski definition) is 7. The molecule has 1 aliphatic heterocycles. The maximum absolute atomic E-state index is 13.1. The number of anilines is 1. The van der Waals surface area contributed by atoms with Crippen molar-refractivity contribution in [3.05, 3.63) is 92.3 Å². The van der Waals surface area contributed by atoms with Crippen molar-refractivity contribution in [2.45, 2.75) is 13.5 Å². The molecule has 1 saturated heterocycles. The average Bonchev–Trinajstić information content (AvgIpc) is 3.16. The van der Waals surface area contributed by atoms with Crippen molar-refractivity contribution >= 4 is 63.8 Å². The number of rotatable bonds is 8. The number of methoxy groups -OCH3 is 1. The number of nitrogens with zero attached hydrogens (tertiary/aromatic N) is 1. The lowest BCUT2D eigenvalue weighted by Gasteiger charge is -2.14. The molecule has 4 rings (SSSR count). The van der Waals surface area contributed by atoms with Gasteiger partial charge >= 0.3 is 5.97 Å². The molecule has 0 aromatic heterocycles. The van der Waals surface area contributed by atoms with Gasteiger partial charge in [-0.15, -0.1) is 0 Å². The zero-order valence-corrected chi connectivity index (χ0v) is 22.2. The van der Waals surface area contributed by atoms with E-state index in [1.807, 2.05) is 0 Å². The van der Waals surface area contributed by atoms with Crippen molar-refractivity contribution in [3.8, 4) is 11.5 Å². The van der Waals surface area contributed by atoms with Crippen LogP contribution in [-0.4, -0.2) is 30.8 Å². The summed E-state index contributed by atoms with van der Waals surface area (Å²) in [5.41, 5.74) is 2.35. The van der Waals surface area contributed by atoms with E-state index in [1.165, 1.54) is 12.0 Å². The van der Waals surface area contributed by atoms with E-state index < -0.39 is 5.97 Å². The molecule has 0 saturated carbocycles. The van der Waals surface area contributed by atoms with Gasteiger partial charge in [-0.3, -0.25) is 15.1 Å². The Kier molecular flexibility index (Phi) is 8.43. The van der Waals surface area contributed by atoms with E-state index >= 15 is 0 Å². The van der Waals surface area contributed by atoms with Gasteiger partial charge in [0.1, 0.15) is 6.61 Å². The van der Waals surface area contributed by atoms with Crippen molar-refractivity contribution in [3.63, 3.8) is 0 Å². The highest BCUT2D eigenvalue weighted by Gasteiger charge is 2.33. The molecule has 0 bridgehead atoms. The molecule has 190 valence electrons. The summed E-state index contributed by atoms with van der Waals surface area (Å²) < 4.78 is 16.4. The third-order valence-corrected chi connectivity index (χ3v) is 6.82. The number of amidine groups is 1. The molecule has 1 fully saturated rings. The monoisotopic (exact) mass is 556 g/mol. The van der Waals surface area contributed by atoms with Gasteiger partial charge in [0, 0.05) is 15.6 Å². The van der Waals surface area contributed by atoms with E-state index in [1.54, 1.807) is 73.7 Å². The van der Waals surface area contributed by atoms with E-state index in [-0.39, 0.29) is 24.3 Å². The number of benzene rings is 3. The van der Waals surface area contributed by atoms with Crippen LogP contribution in [-0.2, 0) is 16.1 Å². The smallest absolute Gasteiger partial charge is 0.338 e. The molecule has 3 aromatic rings. The molecule has 7 nitrogen and oxygen atoms in total. The van der Waals surface area contributed by atoms with Crippen LogP contribution >= 0.6 is 35.0 Å². The molecular formula is C27H22Cl2N2O5S. The molecule has 1 amide bonds. The molecule has 1 aliphatic rings. The summed E-state index contributed by atoms with van der Waals surface area (Å²) in [6.07, 6.45) is 1.69.